The number of hydrogen-bond acceptors (Lipinski definition) is 18. The molecule has 350 valence electrons. The molecular formula is C43H58N6O15. The number of aromatic amines is 1. The fourth-order valence-corrected chi connectivity index (χ4v) is 6.60. The van der Waals surface area contributed by atoms with Crippen LogP contribution < -0.4 is 43.0 Å². The van der Waals surface area contributed by atoms with Crippen molar-refractivity contribution in [3.8, 4) is 22.8 Å². The van der Waals surface area contributed by atoms with Crippen molar-refractivity contribution >= 4 is 16.9 Å². The second-order valence-electron chi connectivity index (χ2n) is 14.4. The number of benzene rings is 2. The molecule has 0 aliphatic carbocycles. The van der Waals surface area contributed by atoms with E-state index in [0.717, 1.165) is 0 Å². The predicted molar refractivity (Wildman–Crippen MR) is 232 cm³/mol. The quantitative estimate of drug-likeness (QED) is 0.0299. The van der Waals surface area contributed by atoms with Crippen molar-refractivity contribution in [3.05, 3.63) is 103 Å². The van der Waals surface area contributed by atoms with Gasteiger partial charge in [-0.3, -0.25) is 23.9 Å². The number of methoxy groups -OCH3 is 2. The topological polar surface area (TPSA) is 273 Å². The standard InChI is InChI=1S/C43H58N6O15/c1-28-36(26-50)64-42(49-12-10-37(52)47-43(49)54)38(28)62-27-31(44)25-48(45)13-15-58-17-19-60-21-23-61-22-20-59-18-16-57-14-11-46-41(53)30-6-4-29(5-7-30)35-24-33(51)32-8-9-34(55-2)40(56-3)39(32)63-35/h4-10,12,24-25,28,36,38,42,50H,11,13-23,26-27,44-45H2,1-3H3,(H,46,53)(H,47,52,54)/b31-25-. The highest BCUT2D eigenvalue weighted by Gasteiger charge is 2.44. The lowest BCUT2D eigenvalue weighted by molar-refractivity contribution is -0.0694. The van der Waals surface area contributed by atoms with Crippen LogP contribution in [0.25, 0.3) is 22.3 Å². The van der Waals surface area contributed by atoms with Crippen LogP contribution in [0.3, 0.4) is 0 Å². The highest BCUT2D eigenvalue weighted by atomic mass is 16.6. The van der Waals surface area contributed by atoms with Gasteiger partial charge in [0.2, 0.25) is 5.75 Å². The van der Waals surface area contributed by atoms with Crippen LogP contribution in [0.4, 0.5) is 0 Å². The molecule has 5 rings (SSSR count). The van der Waals surface area contributed by atoms with Crippen LogP contribution >= 0.6 is 0 Å². The zero-order valence-corrected chi connectivity index (χ0v) is 36.2. The summed E-state index contributed by atoms with van der Waals surface area (Å²) in [5, 5.41) is 14.3. The van der Waals surface area contributed by atoms with Gasteiger partial charge in [0, 0.05) is 48.1 Å². The van der Waals surface area contributed by atoms with E-state index in [4.69, 9.17) is 58.6 Å². The molecule has 64 heavy (non-hydrogen) atoms. The number of hydrogen-bond donors (Lipinski definition) is 5. The third kappa shape index (κ3) is 14.2. The van der Waals surface area contributed by atoms with Gasteiger partial charge in [-0.1, -0.05) is 19.1 Å². The van der Waals surface area contributed by atoms with Crippen molar-refractivity contribution in [1.82, 2.24) is 19.9 Å². The maximum Gasteiger partial charge on any atom is 0.330 e. The molecule has 2 aromatic carbocycles. The van der Waals surface area contributed by atoms with Crippen LogP contribution in [0.15, 0.2) is 85.4 Å². The van der Waals surface area contributed by atoms with Gasteiger partial charge in [0.1, 0.15) is 11.9 Å². The van der Waals surface area contributed by atoms with E-state index in [1.807, 2.05) is 6.92 Å². The molecule has 0 spiro atoms. The van der Waals surface area contributed by atoms with Crippen LogP contribution in [-0.4, -0.2) is 144 Å². The summed E-state index contributed by atoms with van der Waals surface area (Å²) >= 11 is 0. The number of ether oxygens (including phenoxy) is 9. The fourth-order valence-electron chi connectivity index (χ4n) is 6.60. The lowest BCUT2D eigenvalue weighted by Gasteiger charge is -2.23. The minimum atomic E-state index is -0.871. The molecule has 0 saturated carbocycles. The number of rotatable bonds is 28. The maximum atomic E-state index is 12.8. The van der Waals surface area contributed by atoms with Gasteiger partial charge >= 0.3 is 5.69 Å². The first-order chi connectivity index (χ1) is 31.0. The Balaban J connectivity index is 0.833. The van der Waals surface area contributed by atoms with Gasteiger partial charge in [-0.15, -0.1) is 0 Å². The SMILES string of the molecule is COc1ccc2c(=O)cc(-c3ccc(C(=O)NCCOCCOCCOCCOCCOCCN(N)/C=C(\N)COC4C(C)C(CO)OC4n4ccc(=O)[nH]c4=O)cc3)oc2c1OC. The van der Waals surface area contributed by atoms with Gasteiger partial charge < -0.3 is 68.2 Å². The summed E-state index contributed by atoms with van der Waals surface area (Å²) in [5.74, 6) is 6.58. The highest BCUT2D eigenvalue weighted by Crippen LogP contribution is 2.37. The largest absolute Gasteiger partial charge is 0.493 e. The molecule has 4 atom stereocenters. The van der Waals surface area contributed by atoms with Crippen LogP contribution in [0.5, 0.6) is 11.5 Å². The van der Waals surface area contributed by atoms with Crippen LogP contribution in [-0.2, 0) is 33.2 Å². The number of fused-ring (bicyclic) bond motifs is 1. The smallest absolute Gasteiger partial charge is 0.330 e. The van der Waals surface area contributed by atoms with Gasteiger partial charge in [0.25, 0.3) is 11.5 Å². The van der Waals surface area contributed by atoms with E-state index < -0.39 is 29.7 Å². The summed E-state index contributed by atoms with van der Waals surface area (Å²) in [5.41, 5.74) is 6.35. The summed E-state index contributed by atoms with van der Waals surface area (Å²) in [6.45, 7) is 5.84. The average molecular weight is 899 g/mol. The first-order valence-corrected chi connectivity index (χ1v) is 20.7. The van der Waals surface area contributed by atoms with Gasteiger partial charge in [0.05, 0.1) is 117 Å². The third-order valence-electron chi connectivity index (χ3n) is 9.96. The average Bonchev–Trinajstić information content (AvgIpc) is 3.61. The Morgan fingerprint density at radius 3 is 2.14 bits per heavy atom. The lowest BCUT2D eigenvalue weighted by atomic mass is 10.0. The van der Waals surface area contributed by atoms with Crippen molar-refractivity contribution in [1.29, 1.82) is 0 Å². The first kappa shape index (κ1) is 49.4. The van der Waals surface area contributed by atoms with Crippen LogP contribution in [0.2, 0.25) is 0 Å². The number of nitrogens with two attached hydrogens (primary N) is 2. The van der Waals surface area contributed by atoms with Crippen molar-refractivity contribution < 1.29 is 56.9 Å². The number of carbonyl (C=O) groups is 1. The van der Waals surface area contributed by atoms with Gasteiger partial charge in [-0.05, 0) is 24.3 Å². The van der Waals surface area contributed by atoms with Crippen LogP contribution in [0.1, 0.15) is 23.5 Å². The minimum absolute atomic E-state index is 0.0209. The molecule has 0 radical (unpaired) electrons. The number of nitrogens with one attached hydrogen (secondary N) is 2. The fraction of sp³-hybridized carbons (Fsp3) is 0.488. The van der Waals surface area contributed by atoms with Crippen LogP contribution in [0, 0.1) is 5.92 Å². The first-order valence-electron chi connectivity index (χ1n) is 20.7. The van der Waals surface area contributed by atoms with Gasteiger partial charge in [-0.2, -0.15) is 0 Å². The Morgan fingerprint density at radius 1 is 0.891 bits per heavy atom. The van der Waals surface area contributed by atoms with Gasteiger partial charge in [-0.25, -0.2) is 10.6 Å². The molecule has 1 saturated heterocycles. The van der Waals surface area contributed by atoms with E-state index in [1.54, 1.807) is 36.4 Å². The number of amides is 1. The molecule has 1 aliphatic heterocycles. The number of H-pyrrole nitrogens is 1. The zero-order chi connectivity index (χ0) is 45.8. The molecule has 1 amide bonds. The molecule has 3 heterocycles. The highest BCUT2D eigenvalue weighted by molar-refractivity contribution is 5.94. The summed E-state index contributed by atoms with van der Waals surface area (Å²) in [6.07, 6.45) is 0.755. The van der Waals surface area contributed by atoms with E-state index in [0.29, 0.717) is 119 Å². The van der Waals surface area contributed by atoms with E-state index in [9.17, 15) is 24.3 Å². The number of carbonyl (C=O) groups excluding carboxylic acids is 1. The maximum absolute atomic E-state index is 12.8. The number of hydrazine groups is 1. The Labute approximate surface area is 368 Å². The van der Waals surface area contributed by atoms with Crippen molar-refractivity contribution in [2.24, 2.45) is 17.5 Å². The predicted octanol–water partition coefficient (Wildman–Crippen LogP) is 0.727. The molecule has 0 bridgehead atoms. The molecule has 1 aliphatic rings. The van der Waals surface area contributed by atoms with Crippen molar-refractivity contribution in [3.63, 3.8) is 0 Å². The van der Waals surface area contributed by atoms with Crippen molar-refractivity contribution in [2.75, 3.05) is 107 Å². The monoisotopic (exact) mass is 898 g/mol. The Morgan fingerprint density at radius 2 is 1.53 bits per heavy atom. The number of aromatic nitrogens is 2. The molecular weight excluding hydrogens is 840 g/mol. The summed E-state index contributed by atoms with van der Waals surface area (Å²) in [7, 11) is 2.98. The van der Waals surface area contributed by atoms with Gasteiger partial charge in [0.15, 0.2) is 23.0 Å². The Bertz CT molecular complexity index is 2280. The molecule has 4 unspecified atom stereocenters. The zero-order valence-electron chi connectivity index (χ0n) is 36.2. The number of aliphatic hydroxyl groups excluding tert-OH is 1. The molecule has 1 fully saturated rings. The summed E-state index contributed by atoms with van der Waals surface area (Å²) in [6, 6.07) is 12.6. The number of aliphatic hydroxyl groups is 1. The minimum Gasteiger partial charge on any atom is -0.493 e. The molecule has 4 aromatic rings. The van der Waals surface area contributed by atoms with E-state index >= 15 is 0 Å². The van der Waals surface area contributed by atoms with Crippen molar-refractivity contribution in [2.45, 2.75) is 25.4 Å². The molecule has 7 N–H and O–H groups in total. The molecule has 21 heteroatoms. The van der Waals surface area contributed by atoms with E-state index in [1.165, 1.54) is 48.3 Å². The second-order valence-corrected chi connectivity index (χ2v) is 14.4. The molecule has 21 nitrogen and oxygen atoms in total. The Kier molecular flexibility index (Phi) is 19.8. The normalized spacial score (nSPS) is 17.5. The number of nitrogens with zero attached hydrogens (tertiary/aromatic N) is 2. The lowest BCUT2D eigenvalue weighted by Crippen LogP contribution is -2.37. The molecule has 2 aromatic heterocycles. The van der Waals surface area contributed by atoms with E-state index in [-0.39, 0.29) is 36.1 Å². The summed E-state index contributed by atoms with van der Waals surface area (Å²) in [4.78, 5) is 51.5. The summed E-state index contributed by atoms with van der Waals surface area (Å²) < 4.78 is 57.5. The second kappa shape index (κ2) is 25.6. The van der Waals surface area contributed by atoms with E-state index in [2.05, 4.69) is 10.3 Å². The third-order valence-corrected chi connectivity index (χ3v) is 9.96. The Hall–Kier alpha value is -5.62.